The van der Waals surface area contributed by atoms with Crippen LogP contribution < -0.4 is 5.32 Å². The van der Waals surface area contributed by atoms with Crippen molar-refractivity contribution in [3.63, 3.8) is 0 Å². The standard InChI is InChI=1S/C9H17N3/c1-7(2)8(3)12-6-9-10-4-5-11-9/h4-5,7-8,12H,6H2,1-3H3,(H,10,11)/t8-/m0/s1. The Morgan fingerprint density at radius 1 is 1.50 bits per heavy atom. The van der Waals surface area contributed by atoms with Crippen LogP contribution in [0.4, 0.5) is 0 Å². The zero-order chi connectivity index (χ0) is 8.97. The molecule has 0 radical (unpaired) electrons. The first kappa shape index (κ1) is 9.26. The van der Waals surface area contributed by atoms with Gasteiger partial charge in [-0.25, -0.2) is 4.98 Å². The van der Waals surface area contributed by atoms with Crippen LogP contribution in [0.2, 0.25) is 0 Å². The quantitative estimate of drug-likeness (QED) is 0.714. The minimum atomic E-state index is 0.537. The van der Waals surface area contributed by atoms with Crippen LogP contribution in [0, 0.1) is 5.92 Å². The van der Waals surface area contributed by atoms with Gasteiger partial charge in [0.05, 0.1) is 6.54 Å². The lowest BCUT2D eigenvalue weighted by Gasteiger charge is -2.16. The van der Waals surface area contributed by atoms with Crippen molar-refractivity contribution in [2.75, 3.05) is 0 Å². The molecule has 0 saturated heterocycles. The predicted molar refractivity (Wildman–Crippen MR) is 49.7 cm³/mol. The number of rotatable bonds is 4. The molecule has 0 aliphatic rings. The summed E-state index contributed by atoms with van der Waals surface area (Å²) in [5.74, 6) is 1.67. The second kappa shape index (κ2) is 4.26. The van der Waals surface area contributed by atoms with E-state index < -0.39 is 0 Å². The minimum Gasteiger partial charge on any atom is -0.348 e. The fraction of sp³-hybridized carbons (Fsp3) is 0.667. The van der Waals surface area contributed by atoms with Crippen molar-refractivity contribution in [2.24, 2.45) is 5.92 Å². The Hall–Kier alpha value is -0.830. The number of nitrogens with one attached hydrogen (secondary N) is 2. The average Bonchev–Trinajstić information content (AvgIpc) is 2.51. The van der Waals surface area contributed by atoms with E-state index in [0.29, 0.717) is 12.0 Å². The molecular formula is C9H17N3. The Balaban J connectivity index is 2.27. The van der Waals surface area contributed by atoms with Gasteiger partial charge in [0.15, 0.2) is 0 Å². The van der Waals surface area contributed by atoms with E-state index in [1.807, 2.05) is 6.20 Å². The van der Waals surface area contributed by atoms with E-state index in [1.54, 1.807) is 6.20 Å². The van der Waals surface area contributed by atoms with Crippen LogP contribution in [0.3, 0.4) is 0 Å². The highest BCUT2D eigenvalue weighted by atomic mass is 15.0. The molecular weight excluding hydrogens is 150 g/mol. The van der Waals surface area contributed by atoms with Crippen LogP contribution in [0.25, 0.3) is 0 Å². The van der Waals surface area contributed by atoms with Crippen LogP contribution >= 0.6 is 0 Å². The van der Waals surface area contributed by atoms with Crippen molar-refractivity contribution in [1.82, 2.24) is 15.3 Å². The average molecular weight is 167 g/mol. The van der Waals surface area contributed by atoms with Gasteiger partial charge in [-0.1, -0.05) is 13.8 Å². The van der Waals surface area contributed by atoms with Gasteiger partial charge in [0.25, 0.3) is 0 Å². The number of aromatic nitrogens is 2. The number of imidazole rings is 1. The van der Waals surface area contributed by atoms with Crippen molar-refractivity contribution in [3.05, 3.63) is 18.2 Å². The molecule has 1 aromatic rings. The summed E-state index contributed by atoms with van der Waals surface area (Å²) < 4.78 is 0. The van der Waals surface area contributed by atoms with Crippen LogP contribution in [0.5, 0.6) is 0 Å². The minimum absolute atomic E-state index is 0.537. The van der Waals surface area contributed by atoms with Gasteiger partial charge in [0, 0.05) is 18.4 Å². The lowest BCUT2D eigenvalue weighted by atomic mass is 10.1. The molecule has 1 heterocycles. The van der Waals surface area contributed by atoms with Crippen molar-refractivity contribution < 1.29 is 0 Å². The normalized spacial score (nSPS) is 13.7. The van der Waals surface area contributed by atoms with Gasteiger partial charge in [-0.15, -0.1) is 0 Å². The maximum absolute atomic E-state index is 4.13. The van der Waals surface area contributed by atoms with Crippen LogP contribution in [0.15, 0.2) is 12.4 Å². The molecule has 3 nitrogen and oxygen atoms in total. The molecule has 0 fully saturated rings. The number of aromatic amines is 1. The highest BCUT2D eigenvalue weighted by Crippen LogP contribution is 2.00. The maximum Gasteiger partial charge on any atom is 0.120 e. The van der Waals surface area contributed by atoms with Crippen LogP contribution in [-0.2, 0) is 6.54 Å². The van der Waals surface area contributed by atoms with Crippen molar-refractivity contribution in [2.45, 2.75) is 33.4 Å². The summed E-state index contributed by atoms with van der Waals surface area (Å²) in [5.41, 5.74) is 0. The topological polar surface area (TPSA) is 40.7 Å². The Morgan fingerprint density at radius 3 is 2.75 bits per heavy atom. The smallest absolute Gasteiger partial charge is 0.120 e. The molecule has 0 unspecified atom stereocenters. The highest BCUT2D eigenvalue weighted by Gasteiger charge is 2.05. The van der Waals surface area contributed by atoms with Gasteiger partial charge in [-0.05, 0) is 12.8 Å². The number of hydrogen-bond donors (Lipinski definition) is 2. The fourth-order valence-corrected chi connectivity index (χ4v) is 0.888. The molecule has 2 N–H and O–H groups in total. The zero-order valence-corrected chi connectivity index (χ0v) is 7.96. The van der Waals surface area contributed by atoms with Gasteiger partial charge in [-0.2, -0.15) is 0 Å². The zero-order valence-electron chi connectivity index (χ0n) is 7.96. The van der Waals surface area contributed by atoms with Crippen molar-refractivity contribution in [3.8, 4) is 0 Å². The molecule has 0 saturated carbocycles. The summed E-state index contributed by atoms with van der Waals surface area (Å²) in [7, 11) is 0. The van der Waals surface area contributed by atoms with Crippen molar-refractivity contribution in [1.29, 1.82) is 0 Å². The van der Waals surface area contributed by atoms with Crippen molar-refractivity contribution >= 4 is 0 Å². The second-order valence-electron chi connectivity index (χ2n) is 3.45. The molecule has 0 bridgehead atoms. The Kier molecular flexibility index (Phi) is 3.29. The van der Waals surface area contributed by atoms with Gasteiger partial charge in [0.2, 0.25) is 0 Å². The van der Waals surface area contributed by atoms with Crippen LogP contribution in [-0.4, -0.2) is 16.0 Å². The van der Waals surface area contributed by atoms with Gasteiger partial charge < -0.3 is 10.3 Å². The van der Waals surface area contributed by atoms with Gasteiger partial charge in [-0.3, -0.25) is 0 Å². The molecule has 0 amide bonds. The third kappa shape index (κ3) is 2.66. The molecule has 12 heavy (non-hydrogen) atoms. The first-order chi connectivity index (χ1) is 5.70. The third-order valence-corrected chi connectivity index (χ3v) is 2.15. The molecule has 0 aliphatic heterocycles. The SMILES string of the molecule is CC(C)[C@H](C)NCc1ncc[nH]1. The summed E-state index contributed by atoms with van der Waals surface area (Å²) in [6.45, 7) is 7.43. The van der Waals surface area contributed by atoms with E-state index in [0.717, 1.165) is 12.4 Å². The van der Waals surface area contributed by atoms with Crippen LogP contribution in [0.1, 0.15) is 26.6 Å². The maximum atomic E-state index is 4.13. The predicted octanol–water partition coefficient (Wildman–Crippen LogP) is 1.54. The molecule has 1 atom stereocenters. The number of hydrogen-bond acceptors (Lipinski definition) is 2. The largest absolute Gasteiger partial charge is 0.348 e. The third-order valence-electron chi connectivity index (χ3n) is 2.15. The summed E-state index contributed by atoms with van der Waals surface area (Å²) in [5, 5.41) is 3.39. The summed E-state index contributed by atoms with van der Waals surface area (Å²) >= 11 is 0. The lowest BCUT2D eigenvalue weighted by Crippen LogP contribution is -2.30. The fourth-order valence-electron chi connectivity index (χ4n) is 0.888. The summed E-state index contributed by atoms with van der Waals surface area (Å²) in [6, 6.07) is 0.537. The van der Waals surface area contributed by atoms with E-state index in [2.05, 4.69) is 36.1 Å². The Bertz CT molecular complexity index is 204. The Labute approximate surface area is 73.6 Å². The highest BCUT2D eigenvalue weighted by molar-refractivity contribution is 4.86. The van der Waals surface area contributed by atoms with E-state index in [4.69, 9.17) is 0 Å². The molecule has 68 valence electrons. The van der Waals surface area contributed by atoms with E-state index in [-0.39, 0.29) is 0 Å². The summed E-state index contributed by atoms with van der Waals surface area (Å²) in [4.78, 5) is 7.19. The van der Waals surface area contributed by atoms with E-state index in [1.165, 1.54) is 0 Å². The lowest BCUT2D eigenvalue weighted by molar-refractivity contribution is 0.422. The molecule has 3 heteroatoms. The molecule has 1 rings (SSSR count). The van der Waals surface area contributed by atoms with E-state index >= 15 is 0 Å². The first-order valence-corrected chi connectivity index (χ1v) is 4.41. The molecule has 0 aliphatic carbocycles. The molecule has 1 aromatic heterocycles. The van der Waals surface area contributed by atoms with Gasteiger partial charge in [0.1, 0.15) is 5.82 Å². The second-order valence-corrected chi connectivity index (χ2v) is 3.45. The Morgan fingerprint density at radius 2 is 2.25 bits per heavy atom. The van der Waals surface area contributed by atoms with Gasteiger partial charge >= 0.3 is 0 Å². The molecule has 0 aromatic carbocycles. The number of H-pyrrole nitrogens is 1. The first-order valence-electron chi connectivity index (χ1n) is 4.41. The number of nitrogens with zero attached hydrogens (tertiary/aromatic N) is 1. The monoisotopic (exact) mass is 167 g/mol. The molecule has 0 spiro atoms. The summed E-state index contributed by atoms with van der Waals surface area (Å²) in [6.07, 6.45) is 3.62. The van der Waals surface area contributed by atoms with E-state index in [9.17, 15) is 0 Å².